The molecule has 0 fully saturated rings. The van der Waals surface area contributed by atoms with E-state index in [1.165, 1.54) is 0 Å². The lowest BCUT2D eigenvalue weighted by molar-refractivity contribution is 0.528. The fourth-order valence-electron chi connectivity index (χ4n) is 1.58. The molecule has 0 radical (unpaired) electrons. The van der Waals surface area contributed by atoms with Crippen molar-refractivity contribution in [3.63, 3.8) is 0 Å². The molecule has 0 aliphatic carbocycles. The Hall–Kier alpha value is -0.430. The van der Waals surface area contributed by atoms with Crippen LogP contribution in [0.4, 0.5) is 0 Å². The first-order valence-corrected chi connectivity index (χ1v) is 8.58. The molecule has 3 N–H and O–H groups in total. The van der Waals surface area contributed by atoms with Gasteiger partial charge in [-0.05, 0) is 36.1 Å². The fourth-order valence-corrected chi connectivity index (χ4v) is 3.70. The summed E-state index contributed by atoms with van der Waals surface area (Å²) < 4.78 is 28.1. The summed E-state index contributed by atoms with van der Waals surface area (Å²) in [4.78, 5) is 0.297. The zero-order chi connectivity index (χ0) is 14.6. The van der Waals surface area contributed by atoms with E-state index in [0.29, 0.717) is 29.5 Å². The highest BCUT2D eigenvalue weighted by Crippen LogP contribution is 2.25. The molecule has 6 heteroatoms. The summed E-state index contributed by atoms with van der Waals surface area (Å²) in [6.07, 6.45) is 0.939. The van der Waals surface area contributed by atoms with Crippen molar-refractivity contribution in [2.45, 2.75) is 38.6 Å². The first-order valence-electron chi connectivity index (χ1n) is 6.30. The molecule has 1 unspecified atom stereocenters. The number of benzene rings is 1. The predicted octanol–water partition coefficient (Wildman–Crippen LogP) is 2.54. The van der Waals surface area contributed by atoms with Crippen LogP contribution in [-0.2, 0) is 16.6 Å². The van der Waals surface area contributed by atoms with Gasteiger partial charge in [-0.1, -0.05) is 36.2 Å². The molecule has 0 aromatic heterocycles. The minimum Gasteiger partial charge on any atom is -0.326 e. The Morgan fingerprint density at radius 2 is 2.05 bits per heavy atom. The van der Waals surface area contributed by atoms with E-state index in [4.69, 9.17) is 5.73 Å². The molecule has 0 amide bonds. The molecule has 0 spiro atoms. The molecule has 19 heavy (non-hydrogen) atoms. The van der Waals surface area contributed by atoms with Crippen LogP contribution in [-0.4, -0.2) is 15.0 Å². The number of nitrogens with two attached hydrogens (primary N) is 1. The van der Waals surface area contributed by atoms with Crippen molar-refractivity contribution in [1.82, 2.24) is 4.72 Å². The van der Waals surface area contributed by atoms with Gasteiger partial charge >= 0.3 is 0 Å². The molecule has 1 aromatic rings. The second-order valence-corrected chi connectivity index (χ2v) is 7.36. The number of hydrogen-bond donors (Lipinski definition) is 2. The van der Waals surface area contributed by atoms with E-state index in [9.17, 15) is 8.42 Å². The summed E-state index contributed by atoms with van der Waals surface area (Å²) in [5.41, 5.74) is 7.08. The lowest BCUT2D eigenvalue weighted by Gasteiger charge is -2.14. The van der Waals surface area contributed by atoms with E-state index < -0.39 is 10.0 Å². The van der Waals surface area contributed by atoms with Crippen molar-refractivity contribution in [3.05, 3.63) is 27.7 Å². The SMILES string of the molecule is CCC(C)CNS(=O)(=O)c1cc(CN)cc(Br)c1C. The summed E-state index contributed by atoms with van der Waals surface area (Å²) in [6.45, 7) is 6.59. The van der Waals surface area contributed by atoms with E-state index in [1.54, 1.807) is 13.0 Å². The summed E-state index contributed by atoms with van der Waals surface area (Å²) in [5.74, 6) is 0.316. The Balaban J connectivity index is 3.10. The molecule has 1 atom stereocenters. The van der Waals surface area contributed by atoms with Crippen molar-refractivity contribution < 1.29 is 8.42 Å². The minimum absolute atomic E-state index is 0.297. The van der Waals surface area contributed by atoms with Gasteiger partial charge in [0.25, 0.3) is 0 Å². The van der Waals surface area contributed by atoms with Crippen LogP contribution >= 0.6 is 15.9 Å². The third-order valence-corrected chi connectivity index (χ3v) is 5.57. The van der Waals surface area contributed by atoms with Gasteiger partial charge in [0.2, 0.25) is 10.0 Å². The topological polar surface area (TPSA) is 72.2 Å². The number of rotatable bonds is 6. The highest BCUT2D eigenvalue weighted by atomic mass is 79.9. The number of sulfonamides is 1. The van der Waals surface area contributed by atoms with Crippen molar-refractivity contribution in [3.8, 4) is 0 Å². The van der Waals surface area contributed by atoms with Gasteiger partial charge < -0.3 is 5.73 Å². The van der Waals surface area contributed by atoms with Gasteiger partial charge in [-0.3, -0.25) is 0 Å². The Bertz CT molecular complexity index is 544. The summed E-state index contributed by atoms with van der Waals surface area (Å²) in [5, 5.41) is 0. The number of nitrogens with one attached hydrogen (secondary N) is 1. The molecule has 0 heterocycles. The van der Waals surface area contributed by atoms with Crippen LogP contribution in [0.15, 0.2) is 21.5 Å². The maximum absolute atomic E-state index is 12.3. The standard InChI is InChI=1S/C13H21BrN2O2S/c1-4-9(2)8-16-19(17,18)13-6-11(7-15)5-12(14)10(13)3/h5-6,9,16H,4,7-8,15H2,1-3H3. The van der Waals surface area contributed by atoms with Crippen LogP contribution in [0.3, 0.4) is 0 Å². The van der Waals surface area contributed by atoms with Gasteiger partial charge in [0.15, 0.2) is 0 Å². The number of halogens is 1. The summed E-state index contributed by atoms with van der Waals surface area (Å²) >= 11 is 3.38. The first-order chi connectivity index (χ1) is 8.81. The summed E-state index contributed by atoms with van der Waals surface area (Å²) in [6, 6.07) is 3.49. The molecular weight excluding hydrogens is 328 g/mol. The molecule has 0 aliphatic heterocycles. The third kappa shape index (κ3) is 4.27. The zero-order valence-electron chi connectivity index (χ0n) is 11.5. The Kier molecular flexibility index (Phi) is 5.98. The Morgan fingerprint density at radius 1 is 1.42 bits per heavy atom. The minimum atomic E-state index is -3.49. The van der Waals surface area contributed by atoms with Crippen molar-refractivity contribution in [1.29, 1.82) is 0 Å². The second-order valence-electron chi connectivity index (χ2n) is 4.77. The van der Waals surface area contributed by atoms with Crippen LogP contribution in [0.2, 0.25) is 0 Å². The molecular formula is C13H21BrN2O2S. The lowest BCUT2D eigenvalue weighted by Crippen LogP contribution is -2.29. The van der Waals surface area contributed by atoms with Crippen molar-refractivity contribution in [2.24, 2.45) is 11.7 Å². The molecule has 4 nitrogen and oxygen atoms in total. The Morgan fingerprint density at radius 3 is 2.58 bits per heavy atom. The number of hydrogen-bond acceptors (Lipinski definition) is 3. The molecule has 0 bridgehead atoms. The van der Waals surface area contributed by atoms with Crippen LogP contribution in [0.25, 0.3) is 0 Å². The molecule has 0 saturated heterocycles. The summed E-state index contributed by atoms with van der Waals surface area (Å²) in [7, 11) is -3.49. The highest BCUT2D eigenvalue weighted by molar-refractivity contribution is 9.10. The van der Waals surface area contributed by atoms with Gasteiger partial charge in [-0.25, -0.2) is 13.1 Å². The van der Waals surface area contributed by atoms with Crippen LogP contribution < -0.4 is 10.5 Å². The van der Waals surface area contributed by atoms with E-state index >= 15 is 0 Å². The maximum atomic E-state index is 12.3. The van der Waals surface area contributed by atoms with E-state index in [2.05, 4.69) is 20.7 Å². The van der Waals surface area contributed by atoms with Gasteiger partial charge in [-0.2, -0.15) is 0 Å². The molecule has 108 valence electrons. The third-order valence-electron chi connectivity index (χ3n) is 3.20. The van der Waals surface area contributed by atoms with Crippen LogP contribution in [0.5, 0.6) is 0 Å². The van der Waals surface area contributed by atoms with Gasteiger partial charge in [0.1, 0.15) is 0 Å². The first kappa shape index (κ1) is 16.6. The van der Waals surface area contributed by atoms with Crippen molar-refractivity contribution in [2.75, 3.05) is 6.54 Å². The zero-order valence-corrected chi connectivity index (χ0v) is 13.9. The largest absolute Gasteiger partial charge is 0.326 e. The van der Waals surface area contributed by atoms with Crippen molar-refractivity contribution >= 4 is 26.0 Å². The molecule has 0 aliphatic rings. The second kappa shape index (κ2) is 6.83. The fraction of sp³-hybridized carbons (Fsp3) is 0.538. The maximum Gasteiger partial charge on any atom is 0.240 e. The normalized spacial score (nSPS) is 13.5. The molecule has 1 rings (SSSR count). The monoisotopic (exact) mass is 348 g/mol. The van der Waals surface area contributed by atoms with Crippen LogP contribution in [0.1, 0.15) is 31.4 Å². The van der Waals surface area contributed by atoms with Gasteiger partial charge in [-0.15, -0.1) is 0 Å². The average Bonchev–Trinajstić information content (AvgIpc) is 2.38. The predicted molar refractivity (Wildman–Crippen MR) is 81.4 cm³/mol. The van der Waals surface area contributed by atoms with E-state index in [0.717, 1.165) is 16.5 Å². The van der Waals surface area contributed by atoms with E-state index in [1.807, 2.05) is 19.9 Å². The van der Waals surface area contributed by atoms with E-state index in [-0.39, 0.29) is 0 Å². The molecule has 0 saturated carbocycles. The smallest absolute Gasteiger partial charge is 0.240 e. The lowest BCUT2D eigenvalue weighted by atomic mass is 10.1. The average molecular weight is 349 g/mol. The van der Waals surface area contributed by atoms with Gasteiger partial charge in [0.05, 0.1) is 4.90 Å². The molecule has 1 aromatic carbocycles. The quantitative estimate of drug-likeness (QED) is 0.829. The van der Waals surface area contributed by atoms with Crippen LogP contribution in [0, 0.1) is 12.8 Å². The Labute approximate surface area is 124 Å². The highest BCUT2D eigenvalue weighted by Gasteiger charge is 2.19. The van der Waals surface area contributed by atoms with Gasteiger partial charge in [0, 0.05) is 17.6 Å².